The number of benzene rings is 3. The zero-order valence-electron chi connectivity index (χ0n) is 14.1. The topological polar surface area (TPSA) is 57.5 Å². The Morgan fingerprint density at radius 2 is 0.852 bits per heavy atom. The molecule has 2 N–H and O–H groups in total. The Bertz CT molecular complexity index is 751. The third kappa shape index (κ3) is 4.95. The van der Waals surface area contributed by atoms with Crippen molar-refractivity contribution in [3.8, 4) is 0 Å². The quantitative estimate of drug-likeness (QED) is 0.659. The van der Waals surface area contributed by atoms with Crippen LogP contribution >= 0.6 is 0 Å². The summed E-state index contributed by atoms with van der Waals surface area (Å²) in [6.07, 6.45) is -5.08. The molecule has 0 spiro atoms. The molecule has 0 heterocycles. The van der Waals surface area contributed by atoms with Crippen molar-refractivity contribution in [2.45, 2.75) is 11.8 Å². The van der Waals surface area contributed by atoms with Gasteiger partial charge in [-0.1, -0.05) is 91.0 Å². The van der Waals surface area contributed by atoms with Crippen molar-refractivity contribution in [2.24, 2.45) is 0 Å². The Balaban J connectivity index is 0.000000321. The van der Waals surface area contributed by atoms with Crippen molar-refractivity contribution in [3.05, 3.63) is 108 Å². The highest BCUT2D eigenvalue weighted by molar-refractivity contribution is 5.73. The average Bonchev–Trinajstić information content (AvgIpc) is 2.69. The van der Waals surface area contributed by atoms with Crippen molar-refractivity contribution in [3.63, 3.8) is 0 Å². The van der Waals surface area contributed by atoms with E-state index in [1.165, 1.54) is 0 Å². The molecule has 3 aromatic carbocycles. The van der Waals surface area contributed by atoms with Gasteiger partial charge >= 0.3 is 12.1 Å². The minimum Gasteiger partial charge on any atom is -0.475 e. The number of halogens is 3. The van der Waals surface area contributed by atoms with Crippen molar-refractivity contribution < 1.29 is 28.2 Å². The van der Waals surface area contributed by atoms with E-state index in [2.05, 4.69) is 0 Å². The fourth-order valence-electron chi connectivity index (χ4n) is 2.54. The first-order valence-corrected chi connectivity index (χ1v) is 7.95. The third-order valence-electron chi connectivity index (χ3n) is 3.82. The van der Waals surface area contributed by atoms with Gasteiger partial charge in [0.05, 0.1) is 0 Å². The highest BCUT2D eigenvalue weighted by Crippen LogP contribution is 2.36. The van der Waals surface area contributed by atoms with Crippen molar-refractivity contribution >= 4 is 5.97 Å². The highest BCUT2D eigenvalue weighted by Gasteiger charge is 2.38. The van der Waals surface area contributed by atoms with E-state index in [1.54, 1.807) is 0 Å². The predicted molar refractivity (Wildman–Crippen MR) is 95.1 cm³/mol. The number of hydrogen-bond donors (Lipinski definition) is 2. The van der Waals surface area contributed by atoms with Gasteiger partial charge in [-0.25, -0.2) is 4.79 Å². The van der Waals surface area contributed by atoms with E-state index < -0.39 is 17.7 Å². The van der Waals surface area contributed by atoms with Crippen LogP contribution in [0.3, 0.4) is 0 Å². The first kappa shape index (κ1) is 20.2. The lowest BCUT2D eigenvalue weighted by Gasteiger charge is -2.30. The SMILES string of the molecule is O=C(O)C(F)(F)F.OC(c1ccccc1)(c1ccccc1)c1ccccc1. The van der Waals surface area contributed by atoms with Gasteiger partial charge in [0.1, 0.15) is 5.60 Å². The van der Waals surface area contributed by atoms with Gasteiger partial charge in [0.25, 0.3) is 0 Å². The zero-order chi connectivity index (χ0) is 19.9. The van der Waals surface area contributed by atoms with Gasteiger partial charge in [0.2, 0.25) is 0 Å². The largest absolute Gasteiger partial charge is 0.490 e. The summed E-state index contributed by atoms with van der Waals surface area (Å²) in [5.41, 5.74) is 1.50. The Morgan fingerprint density at radius 1 is 0.630 bits per heavy atom. The molecule has 0 radical (unpaired) electrons. The molecule has 0 fully saturated rings. The van der Waals surface area contributed by atoms with E-state index >= 15 is 0 Å². The number of carboxylic acids is 1. The van der Waals surface area contributed by atoms with Crippen molar-refractivity contribution in [1.82, 2.24) is 0 Å². The molecule has 3 nitrogen and oxygen atoms in total. The van der Waals surface area contributed by atoms with Crippen LogP contribution in [-0.2, 0) is 10.4 Å². The van der Waals surface area contributed by atoms with Gasteiger partial charge in [0.15, 0.2) is 0 Å². The van der Waals surface area contributed by atoms with Gasteiger partial charge in [-0.15, -0.1) is 0 Å². The molecule has 0 aliphatic rings. The van der Waals surface area contributed by atoms with Crippen LogP contribution in [0.25, 0.3) is 0 Å². The molecule has 0 aromatic heterocycles. The minimum atomic E-state index is -5.08. The maximum absolute atomic E-state index is 11.4. The first-order chi connectivity index (χ1) is 12.8. The number of rotatable bonds is 3. The molecule has 0 unspecified atom stereocenters. The Labute approximate surface area is 154 Å². The van der Waals surface area contributed by atoms with Gasteiger partial charge < -0.3 is 10.2 Å². The molecule has 0 amide bonds. The summed E-state index contributed by atoms with van der Waals surface area (Å²) in [7, 11) is 0. The second kappa shape index (κ2) is 8.51. The Kier molecular flexibility index (Phi) is 6.36. The molecule has 0 aliphatic heterocycles. The van der Waals surface area contributed by atoms with Crippen LogP contribution in [-0.4, -0.2) is 22.4 Å². The van der Waals surface area contributed by atoms with Crippen LogP contribution in [0.15, 0.2) is 91.0 Å². The monoisotopic (exact) mass is 374 g/mol. The van der Waals surface area contributed by atoms with Gasteiger partial charge in [-0.05, 0) is 16.7 Å². The molecule has 0 saturated carbocycles. The maximum atomic E-state index is 11.4. The van der Waals surface area contributed by atoms with Crippen molar-refractivity contribution in [1.29, 1.82) is 0 Å². The van der Waals surface area contributed by atoms with Gasteiger partial charge in [0, 0.05) is 0 Å². The number of aliphatic carboxylic acids is 1. The van der Waals surface area contributed by atoms with E-state index in [-0.39, 0.29) is 0 Å². The molecule has 140 valence electrons. The molecular formula is C21H17F3O3. The molecule has 27 heavy (non-hydrogen) atoms. The normalized spacial score (nSPS) is 11.3. The smallest absolute Gasteiger partial charge is 0.475 e. The summed E-state index contributed by atoms with van der Waals surface area (Å²) < 4.78 is 31.7. The van der Waals surface area contributed by atoms with E-state index in [9.17, 15) is 18.3 Å². The second-order valence-corrected chi connectivity index (χ2v) is 5.61. The summed E-state index contributed by atoms with van der Waals surface area (Å²) >= 11 is 0. The average molecular weight is 374 g/mol. The number of alkyl halides is 3. The van der Waals surface area contributed by atoms with E-state index in [1.807, 2.05) is 91.0 Å². The van der Waals surface area contributed by atoms with Gasteiger partial charge in [-0.2, -0.15) is 13.2 Å². The van der Waals surface area contributed by atoms with Gasteiger partial charge in [-0.3, -0.25) is 0 Å². The number of carboxylic acid groups (broad SMARTS) is 1. The highest BCUT2D eigenvalue weighted by atomic mass is 19.4. The zero-order valence-corrected chi connectivity index (χ0v) is 14.1. The Hall–Kier alpha value is -3.12. The summed E-state index contributed by atoms with van der Waals surface area (Å²) in [6, 6.07) is 29.3. The van der Waals surface area contributed by atoms with Crippen LogP contribution < -0.4 is 0 Å². The molecule has 6 heteroatoms. The number of aliphatic hydroxyl groups is 1. The number of hydrogen-bond acceptors (Lipinski definition) is 2. The van der Waals surface area contributed by atoms with E-state index in [4.69, 9.17) is 9.90 Å². The molecular weight excluding hydrogens is 357 g/mol. The summed E-state index contributed by atoms with van der Waals surface area (Å²) in [5.74, 6) is -2.76. The first-order valence-electron chi connectivity index (χ1n) is 7.95. The van der Waals surface area contributed by atoms with Crippen LogP contribution in [0.1, 0.15) is 16.7 Å². The molecule has 0 aliphatic carbocycles. The van der Waals surface area contributed by atoms with Crippen molar-refractivity contribution in [2.75, 3.05) is 0 Å². The summed E-state index contributed by atoms with van der Waals surface area (Å²) in [5, 5.41) is 18.6. The van der Waals surface area contributed by atoms with Crippen LogP contribution in [0.4, 0.5) is 13.2 Å². The lowest BCUT2D eigenvalue weighted by Crippen LogP contribution is -2.28. The molecule has 3 aromatic rings. The predicted octanol–water partition coefficient (Wildman–Crippen LogP) is 4.60. The summed E-state index contributed by atoms with van der Waals surface area (Å²) in [4.78, 5) is 8.90. The minimum absolute atomic E-state index is 0.873. The lowest BCUT2D eigenvalue weighted by molar-refractivity contribution is -0.192. The van der Waals surface area contributed by atoms with Crippen LogP contribution in [0, 0.1) is 0 Å². The lowest BCUT2D eigenvalue weighted by atomic mass is 9.80. The fraction of sp³-hybridized carbons (Fsp3) is 0.0952. The molecule has 0 atom stereocenters. The van der Waals surface area contributed by atoms with E-state index in [0.717, 1.165) is 16.7 Å². The standard InChI is InChI=1S/C19H16O.C2HF3O2/c20-19(16-10-4-1-5-11-16,17-12-6-2-7-13-17)18-14-8-3-9-15-18;3-2(4,5)1(6)7/h1-15,20H;(H,6,7). The Morgan fingerprint density at radius 3 is 1.04 bits per heavy atom. The van der Waals surface area contributed by atoms with Crippen LogP contribution in [0.2, 0.25) is 0 Å². The summed E-state index contributed by atoms with van der Waals surface area (Å²) in [6.45, 7) is 0. The molecule has 0 saturated heterocycles. The number of carbonyl (C=O) groups is 1. The van der Waals surface area contributed by atoms with Crippen LogP contribution in [0.5, 0.6) is 0 Å². The third-order valence-corrected chi connectivity index (χ3v) is 3.82. The molecule has 3 rings (SSSR count). The molecule has 0 bridgehead atoms. The second-order valence-electron chi connectivity index (χ2n) is 5.61. The van der Waals surface area contributed by atoms with E-state index in [0.29, 0.717) is 0 Å². The maximum Gasteiger partial charge on any atom is 0.490 e. The fourth-order valence-corrected chi connectivity index (χ4v) is 2.54.